The molecule has 0 unspecified atom stereocenters. The minimum absolute atomic E-state index is 0.0117. The van der Waals surface area contributed by atoms with Gasteiger partial charge in [-0.25, -0.2) is 0 Å². The summed E-state index contributed by atoms with van der Waals surface area (Å²) in [5.74, 6) is 0.899. The monoisotopic (exact) mass is 410 g/mol. The summed E-state index contributed by atoms with van der Waals surface area (Å²) < 4.78 is 11.0. The van der Waals surface area contributed by atoms with Crippen molar-refractivity contribution in [1.82, 2.24) is 4.90 Å². The van der Waals surface area contributed by atoms with Crippen molar-refractivity contribution in [2.75, 3.05) is 38.2 Å². The number of carbonyl (C=O) groups excluding carboxylic acids is 2. The van der Waals surface area contributed by atoms with Crippen molar-refractivity contribution in [3.05, 3.63) is 59.7 Å². The second-order valence-corrected chi connectivity index (χ2v) is 7.55. The zero-order chi connectivity index (χ0) is 21.3. The highest BCUT2D eigenvalue weighted by Crippen LogP contribution is 2.22. The lowest BCUT2D eigenvalue weighted by atomic mass is 9.98. The molecule has 3 rings (SSSR count). The number of hydrogen-bond donors (Lipinski definition) is 1. The molecule has 1 saturated heterocycles. The average molecular weight is 411 g/mol. The van der Waals surface area contributed by atoms with Crippen LogP contribution in [-0.4, -0.2) is 49.6 Å². The number of anilines is 1. The third-order valence-corrected chi connectivity index (χ3v) is 5.26. The Kier molecular flexibility index (Phi) is 7.85. The highest BCUT2D eigenvalue weighted by atomic mass is 16.5. The van der Waals surface area contributed by atoms with Crippen molar-refractivity contribution in [2.45, 2.75) is 26.7 Å². The summed E-state index contributed by atoms with van der Waals surface area (Å²) in [6.45, 7) is 7.16. The Balaban J connectivity index is 1.66. The first-order valence-electron chi connectivity index (χ1n) is 10.6. The minimum atomic E-state index is -0.279. The number of piperidine rings is 1. The fourth-order valence-corrected chi connectivity index (χ4v) is 3.46. The fraction of sp³-hybridized carbons (Fsp3) is 0.417. The van der Waals surface area contributed by atoms with E-state index in [1.54, 1.807) is 42.5 Å². The molecule has 0 bridgehead atoms. The molecule has 1 N–H and O–H groups in total. The topological polar surface area (TPSA) is 67.9 Å². The summed E-state index contributed by atoms with van der Waals surface area (Å²) in [7, 11) is 0. The molecule has 6 heteroatoms. The molecule has 1 aliphatic heterocycles. The number of nitrogens with zero attached hydrogens (tertiary/aromatic N) is 1. The second kappa shape index (κ2) is 10.8. The maximum atomic E-state index is 12.8. The molecule has 6 nitrogen and oxygen atoms in total. The highest BCUT2D eigenvalue weighted by Gasteiger charge is 2.22. The summed E-state index contributed by atoms with van der Waals surface area (Å²) in [5, 5.41) is 2.88. The Bertz CT molecular complexity index is 860. The highest BCUT2D eigenvalue weighted by molar-refractivity contribution is 6.06. The summed E-state index contributed by atoms with van der Waals surface area (Å²) in [5.41, 5.74) is 1.61. The third-order valence-electron chi connectivity index (χ3n) is 5.26. The van der Waals surface area contributed by atoms with E-state index in [4.69, 9.17) is 9.47 Å². The number of rotatable bonds is 8. The number of benzene rings is 2. The standard InChI is InChI=1S/C24H30N2O4/c1-3-29-15-16-30-22-10-5-4-9-21(22)23(27)25-20-8-6-7-19(17-20)24(28)26-13-11-18(2)12-14-26/h4-10,17-18H,3,11-16H2,1-2H3,(H,25,27). The fourth-order valence-electron chi connectivity index (χ4n) is 3.46. The van der Waals surface area contributed by atoms with Crippen LogP contribution in [0.15, 0.2) is 48.5 Å². The van der Waals surface area contributed by atoms with Crippen LogP contribution >= 0.6 is 0 Å². The zero-order valence-electron chi connectivity index (χ0n) is 17.7. The molecule has 30 heavy (non-hydrogen) atoms. The van der Waals surface area contributed by atoms with Crippen molar-refractivity contribution < 1.29 is 19.1 Å². The lowest BCUT2D eigenvalue weighted by Crippen LogP contribution is -2.37. The molecule has 2 aromatic carbocycles. The minimum Gasteiger partial charge on any atom is -0.490 e. The number of nitrogens with one attached hydrogen (secondary N) is 1. The van der Waals surface area contributed by atoms with Gasteiger partial charge >= 0.3 is 0 Å². The van der Waals surface area contributed by atoms with Crippen LogP contribution in [0, 0.1) is 5.92 Å². The summed E-state index contributed by atoms with van der Waals surface area (Å²) in [6, 6.07) is 14.2. The molecule has 1 heterocycles. The lowest BCUT2D eigenvalue weighted by Gasteiger charge is -2.30. The molecule has 1 fully saturated rings. The van der Waals surface area contributed by atoms with Crippen LogP contribution in [0.5, 0.6) is 5.75 Å². The zero-order valence-corrected chi connectivity index (χ0v) is 17.7. The molecule has 2 aromatic rings. The Morgan fingerprint density at radius 1 is 1.07 bits per heavy atom. The van der Waals surface area contributed by atoms with E-state index in [9.17, 15) is 9.59 Å². The van der Waals surface area contributed by atoms with Crippen LogP contribution in [-0.2, 0) is 4.74 Å². The molecular formula is C24H30N2O4. The number of amides is 2. The van der Waals surface area contributed by atoms with Gasteiger partial charge in [0, 0.05) is 30.9 Å². The molecule has 2 amide bonds. The van der Waals surface area contributed by atoms with Crippen LogP contribution in [0.3, 0.4) is 0 Å². The second-order valence-electron chi connectivity index (χ2n) is 7.55. The van der Waals surface area contributed by atoms with Crippen LogP contribution < -0.4 is 10.1 Å². The average Bonchev–Trinajstić information content (AvgIpc) is 2.77. The Morgan fingerprint density at radius 2 is 1.83 bits per heavy atom. The van der Waals surface area contributed by atoms with E-state index in [1.165, 1.54) is 0 Å². The van der Waals surface area contributed by atoms with E-state index in [0.717, 1.165) is 25.9 Å². The Hall–Kier alpha value is -2.86. The number of hydrogen-bond acceptors (Lipinski definition) is 4. The van der Waals surface area contributed by atoms with Crippen molar-refractivity contribution >= 4 is 17.5 Å². The molecular weight excluding hydrogens is 380 g/mol. The van der Waals surface area contributed by atoms with Gasteiger partial charge in [0.15, 0.2) is 0 Å². The normalized spacial score (nSPS) is 14.4. The molecule has 0 radical (unpaired) electrons. The summed E-state index contributed by atoms with van der Waals surface area (Å²) >= 11 is 0. The molecule has 160 valence electrons. The summed E-state index contributed by atoms with van der Waals surface area (Å²) in [6.07, 6.45) is 2.06. The number of likely N-dealkylation sites (tertiary alicyclic amines) is 1. The maximum absolute atomic E-state index is 12.8. The van der Waals surface area contributed by atoms with Crippen molar-refractivity contribution in [3.8, 4) is 5.75 Å². The SMILES string of the molecule is CCOCCOc1ccccc1C(=O)Nc1cccc(C(=O)N2CCC(C)CC2)c1. The van der Waals surface area contributed by atoms with E-state index >= 15 is 0 Å². The van der Waals surface area contributed by atoms with Crippen molar-refractivity contribution in [1.29, 1.82) is 0 Å². The van der Waals surface area contributed by atoms with Gasteiger partial charge in [0.05, 0.1) is 12.2 Å². The predicted octanol–water partition coefficient (Wildman–Crippen LogP) is 4.23. The van der Waals surface area contributed by atoms with Crippen molar-refractivity contribution in [3.63, 3.8) is 0 Å². The molecule has 1 aliphatic rings. The van der Waals surface area contributed by atoms with Crippen molar-refractivity contribution in [2.24, 2.45) is 5.92 Å². The van der Waals surface area contributed by atoms with E-state index in [0.29, 0.717) is 48.3 Å². The van der Waals surface area contributed by atoms with Gasteiger partial charge in [0.2, 0.25) is 0 Å². The number of carbonyl (C=O) groups is 2. The van der Waals surface area contributed by atoms with Crippen LogP contribution in [0.1, 0.15) is 47.4 Å². The lowest BCUT2D eigenvalue weighted by molar-refractivity contribution is 0.0697. The Morgan fingerprint density at radius 3 is 2.60 bits per heavy atom. The Labute approximate surface area is 178 Å². The van der Waals surface area contributed by atoms with E-state index < -0.39 is 0 Å². The molecule has 0 aromatic heterocycles. The quantitative estimate of drug-likeness (QED) is 0.662. The first-order chi connectivity index (χ1) is 14.6. The third kappa shape index (κ3) is 5.83. The van der Waals surface area contributed by atoms with E-state index in [2.05, 4.69) is 12.2 Å². The van der Waals surface area contributed by atoms with Gasteiger partial charge in [-0.2, -0.15) is 0 Å². The molecule has 0 spiro atoms. The molecule has 0 saturated carbocycles. The van der Waals surface area contributed by atoms with Gasteiger partial charge in [-0.05, 0) is 56.0 Å². The van der Waals surface area contributed by atoms with Gasteiger partial charge in [-0.3, -0.25) is 9.59 Å². The molecule has 0 atom stereocenters. The summed E-state index contributed by atoms with van der Waals surface area (Å²) in [4.78, 5) is 27.5. The van der Waals surface area contributed by atoms with Gasteiger partial charge < -0.3 is 19.7 Å². The predicted molar refractivity (Wildman–Crippen MR) is 117 cm³/mol. The molecule has 0 aliphatic carbocycles. The first kappa shape index (κ1) is 21.8. The number of para-hydroxylation sites is 1. The van der Waals surface area contributed by atoms with Gasteiger partial charge in [-0.15, -0.1) is 0 Å². The van der Waals surface area contributed by atoms with Crippen LogP contribution in [0.4, 0.5) is 5.69 Å². The van der Waals surface area contributed by atoms with Gasteiger partial charge in [-0.1, -0.05) is 25.1 Å². The van der Waals surface area contributed by atoms with Gasteiger partial charge in [0.1, 0.15) is 12.4 Å². The van der Waals surface area contributed by atoms with E-state index in [-0.39, 0.29) is 11.8 Å². The van der Waals surface area contributed by atoms with Crippen LogP contribution in [0.25, 0.3) is 0 Å². The van der Waals surface area contributed by atoms with Crippen LogP contribution in [0.2, 0.25) is 0 Å². The largest absolute Gasteiger partial charge is 0.490 e. The maximum Gasteiger partial charge on any atom is 0.259 e. The van der Waals surface area contributed by atoms with E-state index in [1.807, 2.05) is 17.9 Å². The first-order valence-corrected chi connectivity index (χ1v) is 10.6. The smallest absolute Gasteiger partial charge is 0.259 e. The van der Waals surface area contributed by atoms with Gasteiger partial charge in [0.25, 0.3) is 11.8 Å². The number of ether oxygens (including phenoxy) is 2.